The molecule has 0 N–H and O–H groups in total. The summed E-state index contributed by atoms with van der Waals surface area (Å²) in [6.07, 6.45) is 1.10. The van der Waals surface area contributed by atoms with Crippen LogP contribution in [-0.2, 0) is 4.79 Å². The lowest BCUT2D eigenvalue weighted by Crippen LogP contribution is -2.11. The summed E-state index contributed by atoms with van der Waals surface area (Å²) < 4.78 is 5.25. The van der Waals surface area contributed by atoms with E-state index < -0.39 is 0 Å². The first-order valence-electron chi connectivity index (χ1n) is 5.78. The van der Waals surface area contributed by atoms with Crippen LogP contribution in [0.25, 0.3) is 0 Å². The van der Waals surface area contributed by atoms with Gasteiger partial charge in [-0.1, -0.05) is 13.0 Å². The fraction of sp³-hybridized carbons (Fsp3) is 0.429. The van der Waals surface area contributed by atoms with Crippen LogP contribution < -0.4 is 4.74 Å². The molecule has 0 fully saturated rings. The van der Waals surface area contributed by atoms with Gasteiger partial charge in [-0.2, -0.15) is 0 Å². The third kappa shape index (κ3) is 3.41. The molecule has 0 bridgehead atoms. The maximum Gasteiger partial charge on any atom is 0.311 e. The second-order valence-electron chi connectivity index (χ2n) is 4.24. The molecule has 0 saturated heterocycles. The van der Waals surface area contributed by atoms with Crippen molar-refractivity contribution in [1.29, 1.82) is 0 Å². The van der Waals surface area contributed by atoms with Crippen LogP contribution >= 0.6 is 0 Å². The Balaban J connectivity index is 3.12. The molecule has 0 aromatic heterocycles. The van der Waals surface area contributed by atoms with Crippen molar-refractivity contribution < 1.29 is 14.3 Å². The average molecular weight is 234 g/mol. The molecule has 1 aromatic rings. The van der Waals surface area contributed by atoms with Crippen LogP contribution in [0, 0.1) is 13.8 Å². The highest BCUT2D eigenvalue weighted by Gasteiger charge is 2.15. The predicted octanol–water partition coefficient (Wildman–Crippen LogP) is 3.21. The van der Waals surface area contributed by atoms with E-state index in [1.54, 1.807) is 6.07 Å². The van der Waals surface area contributed by atoms with E-state index in [-0.39, 0.29) is 11.8 Å². The van der Waals surface area contributed by atoms with Crippen molar-refractivity contribution in [3.8, 4) is 5.75 Å². The van der Waals surface area contributed by atoms with E-state index in [4.69, 9.17) is 4.74 Å². The molecular formula is C14H18O3. The Labute approximate surface area is 102 Å². The number of rotatable bonds is 4. The monoisotopic (exact) mass is 234 g/mol. The Bertz CT molecular complexity index is 447. The number of hydrogen-bond acceptors (Lipinski definition) is 3. The molecule has 3 heteroatoms. The minimum absolute atomic E-state index is 0.0817. The summed E-state index contributed by atoms with van der Waals surface area (Å²) in [5.41, 5.74) is 2.32. The van der Waals surface area contributed by atoms with Crippen LogP contribution in [0.4, 0.5) is 0 Å². The second kappa shape index (κ2) is 5.62. The summed E-state index contributed by atoms with van der Waals surface area (Å²) >= 11 is 0. The van der Waals surface area contributed by atoms with Gasteiger partial charge in [-0.3, -0.25) is 9.59 Å². The Kier molecular flexibility index (Phi) is 4.44. The van der Waals surface area contributed by atoms with Gasteiger partial charge in [0.2, 0.25) is 0 Å². The number of hydrogen-bond donors (Lipinski definition) is 0. The molecule has 0 aliphatic heterocycles. The highest BCUT2D eigenvalue weighted by Crippen LogP contribution is 2.25. The minimum atomic E-state index is -0.292. The van der Waals surface area contributed by atoms with Crippen molar-refractivity contribution in [2.75, 3.05) is 0 Å². The zero-order chi connectivity index (χ0) is 13.0. The van der Waals surface area contributed by atoms with Crippen molar-refractivity contribution in [3.63, 3.8) is 0 Å². The van der Waals surface area contributed by atoms with Crippen LogP contribution in [0.5, 0.6) is 5.75 Å². The first-order chi connectivity index (χ1) is 7.95. The van der Waals surface area contributed by atoms with Crippen molar-refractivity contribution in [1.82, 2.24) is 0 Å². The maximum atomic E-state index is 11.5. The summed E-state index contributed by atoms with van der Waals surface area (Å²) in [7, 11) is 0. The number of esters is 1. The zero-order valence-electron chi connectivity index (χ0n) is 10.8. The second-order valence-corrected chi connectivity index (χ2v) is 4.24. The van der Waals surface area contributed by atoms with Gasteiger partial charge in [-0.15, -0.1) is 0 Å². The van der Waals surface area contributed by atoms with E-state index in [0.29, 0.717) is 17.7 Å². The minimum Gasteiger partial charge on any atom is -0.426 e. The lowest BCUT2D eigenvalue weighted by atomic mass is 10.0. The first-order valence-corrected chi connectivity index (χ1v) is 5.78. The highest BCUT2D eigenvalue weighted by atomic mass is 16.5. The Morgan fingerprint density at radius 3 is 2.41 bits per heavy atom. The van der Waals surface area contributed by atoms with E-state index in [2.05, 4.69) is 0 Å². The highest BCUT2D eigenvalue weighted by molar-refractivity contribution is 5.99. The van der Waals surface area contributed by atoms with Gasteiger partial charge in [-0.05, 0) is 44.4 Å². The van der Waals surface area contributed by atoms with Gasteiger partial charge in [-0.25, -0.2) is 0 Å². The number of ether oxygens (including phenoxy) is 1. The van der Waals surface area contributed by atoms with E-state index in [1.165, 1.54) is 6.92 Å². The van der Waals surface area contributed by atoms with E-state index in [0.717, 1.165) is 17.5 Å². The number of carbonyl (C=O) groups excluding carboxylic acids is 2. The van der Waals surface area contributed by atoms with Gasteiger partial charge in [0.15, 0.2) is 5.78 Å². The topological polar surface area (TPSA) is 43.4 Å². The number of ketones is 1. The predicted molar refractivity (Wildman–Crippen MR) is 66.5 cm³/mol. The van der Waals surface area contributed by atoms with E-state index >= 15 is 0 Å². The summed E-state index contributed by atoms with van der Waals surface area (Å²) in [5, 5.41) is 0. The standard InChI is InChI=1S/C14H18O3/c1-5-6-13(16)17-12-8-9(2)7-10(3)14(12)11(4)15/h7-8H,5-6H2,1-4H3. The molecule has 0 unspecified atom stereocenters. The fourth-order valence-electron chi connectivity index (χ4n) is 1.84. The van der Waals surface area contributed by atoms with Gasteiger partial charge < -0.3 is 4.74 Å². The molecule has 0 aliphatic carbocycles. The van der Waals surface area contributed by atoms with Gasteiger partial charge in [0.1, 0.15) is 5.75 Å². The number of aryl methyl sites for hydroxylation is 2. The molecule has 92 valence electrons. The normalized spacial score (nSPS) is 10.1. The Morgan fingerprint density at radius 2 is 1.88 bits per heavy atom. The van der Waals surface area contributed by atoms with Gasteiger partial charge in [0, 0.05) is 6.42 Å². The van der Waals surface area contributed by atoms with Gasteiger partial charge in [0.05, 0.1) is 5.56 Å². The quantitative estimate of drug-likeness (QED) is 0.456. The first kappa shape index (κ1) is 13.4. The van der Waals surface area contributed by atoms with Crippen molar-refractivity contribution in [2.45, 2.75) is 40.5 Å². The smallest absolute Gasteiger partial charge is 0.311 e. The Hall–Kier alpha value is -1.64. The molecule has 0 spiro atoms. The number of benzene rings is 1. The largest absolute Gasteiger partial charge is 0.426 e. The maximum absolute atomic E-state index is 11.5. The molecule has 0 amide bonds. The lowest BCUT2D eigenvalue weighted by Gasteiger charge is -2.11. The number of Topliss-reactive ketones (excluding diaryl/α,β-unsaturated/α-hetero) is 1. The molecule has 0 aliphatic rings. The SMILES string of the molecule is CCCC(=O)Oc1cc(C)cc(C)c1C(C)=O. The summed E-state index contributed by atoms with van der Waals surface area (Å²) in [4.78, 5) is 23.0. The molecule has 0 radical (unpaired) electrons. The van der Waals surface area contributed by atoms with Crippen LogP contribution in [0.2, 0.25) is 0 Å². The molecule has 3 nitrogen and oxygen atoms in total. The summed E-state index contributed by atoms with van der Waals surface area (Å²) in [6.45, 7) is 7.15. The van der Waals surface area contributed by atoms with Crippen LogP contribution in [0.15, 0.2) is 12.1 Å². The van der Waals surface area contributed by atoms with Crippen LogP contribution in [0.3, 0.4) is 0 Å². The van der Waals surface area contributed by atoms with Crippen LogP contribution in [0.1, 0.15) is 48.2 Å². The molecular weight excluding hydrogens is 216 g/mol. The van der Waals surface area contributed by atoms with Crippen molar-refractivity contribution in [2.24, 2.45) is 0 Å². The number of carbonyl (C=O) groups is 2. The van der Waals surface area contributed by atoms with Crippen molar-refractivity contribution >= 4 is 11.8 Å². The Morgan fingerprint density at radius 1 is 1.24 bits per heavy atom. The molecule has 0 heterocycles. The van der Waals surface area contributed by atoms with Crippen LogP contribution in [-0.4, -0.2) is 11.8 Å². The van der Waals surface area contributed by atoms with E-state index in [9.17, 15) is 9.59 Å². The van der Waals surface area contributed by atoms with Gasteiger partial charge >= 0.3 is 5.97 Å². The fourth-order valence-corrected chi connectivity index (χ4v) is 1.84. The molecule has 1 rings (SSSR count). The van der Waals surface area contributed by atoms with E-state index in [1.807, 2.05) is 26.8 Å². The average Bonchev–Trinajstić information content (AvgIpc) is 2.15. The summed E-state index contributed by atoms with van der Waals surface area (Å²) in [5.74, 6) is 0.00949. The molecule has 1 aromatic carbocycles. The lowest BCUT2D eigenvalue weighted by molar-refractivity contribution is -0.134. The summed E-state index contributed by atoms with van der Waals surface area (Å²) in [6, 6.07) is 3.64. The van der Waals surface area contributed by atoms with Crippen molar-refractivity contribution in [3.05, 3.63) is 28.8 Å². The third-order valence-electron chi connectivity index (χ3n) is 2.47. The molecule has 0 saturated carbocycles. The zero-order valence-corrected chi connectivity index (χ0v) is 10.8. The molecule has 0 atom stereocenters. The molecule has 17 heavy (non-hydrogen) atoms. The third-order valence-corrected chi connectivity index (χ3v) is 2.47. The van der Waals surface area contributed by atoms with Gasteiger partial charge in [0.25, 0.3) is 0 Å².